The largest absolute Gasteiger partial charge is 0.293 e. The molecule has 0 aromatic heterocycles. The standard InChI is InChI=1S/C9H15N/c1-3-5-6-7-8-9-10-4-2/h3,5,7-9H,4,6H2,1-2H3/b5-3-,8-7-,10-9-. The first-order chi connectivity index (χ1) is 4.91. The zero-order valence-corrected chi connectivity index (χ0v) is 6.75. The molecule has 0 unspecified atom stereocenters. The molecule has 0 fully saturated rings. The molecule has 1 nitrogen and oxygen atoms in total. The Morgan fingerprint density at radius 3 is 2.70 bits per heavy atom. The van der Waals surface area contributed by atoms with Gasteiger partial charge < -0.3 is 0 Å². The Hall–Kier alpha value is -0.850. The number of hydrogen-bond acceptors (Lipinski definition) is 1. The Labute approximate surface area is 63.2 Å². The second-order valence-corrected chi connectivity index (χ2v) is 1.88. The van der Waals surface area contributed by atoms with Crippen LogP contribution in [0.3, 0.4) is 0 Å². The quantitative estimate of drug-likeness (QED) is 0.417. The van der Waals surface area contributed by atoms with E-state index in [2.05, 4.69) is 17.1 Å². The number of hydrogen-bond donors (Lipinski definition) is 0. The molecule has 0 aliphatic heterocycles. The summed E-state index contributed by atoms with van der Waals surface area (Å²) in [6.07, 6.45) is 11.1. The fourth-order valence-corrected chi connectivity index (χ4v) is 0.520. The molecule has 0 heterocycles. The SMILES string of the molecule is C/C=C\C/C=C\C=N/CC. The van der Waals surface area contributed by atoms with Gasteiger partial charge in [-0.3, -0.25) is 4.99 Å². The van der Waals surface area contributed by atoms with Gasteiger partial charge in [0.05, 0.1) is 0 Å². The van der Waals surface area contributed by atoms with E-state index >= 15 is 0 Å². The molecule has 0 bridgehead atoms. The Balaban J connectivity index is 3.28. The topological polar surface area (TPSA) is 12.4 Å². The summed E-state index contributed by atoms with van der Waals surface area (Å²) in [4.78, 5) is 4.03. The van der Waals surface area contributed by atoms with Crippen molar-refractivity contribution < 1.29 is 0 Å². The van der Waals surface area contributed by atoms with Gasteiger partial charge in [0.15, 0.2) is 0 Å². The summed E-state index contributed by atoms with van der Waals surface area (Å²) in [5, 5.41) is 0. The van der Waals surface area contributed by atoms with Crippen LogP contribution in [0.25, 0.3) is 0 Å². The molecule has 0 radical (unpaired) electrons. The Bertz CT molecular complexity index is 132. The van der Waals surface area contributed by atoms with Crippen molar-refractivity contribution in [3.05, 3.63) is 24.3 Å². The third-order valence-corrected chi connectivity index (χ3v) is 1.02. The molecular formula is C9H15N. The molecule has 56 valence electrons. The minimum absolute atomic E-state index is 0.869. The van der Waals surface area contributed by atoms with Crippen LogP contribution in [0.1, 0.15) is 20.3 Å². The van der Waals surface area contributed by atoms with Crippen LogP contribution in [-0.2, 0) is 0 Å². The molecule has 0 aromatic rings. The molecule has 0 aromatic carbocycles. The van der Waals surface area contributed by atoms with E-state index < -0.39 is 0 Å². The van der Waals surface area contributed by atoms with Crippen molar-refractivity contribution in [3.63, 3.8) is 0 Å². The zero-order chi connectivity index (χ0) is 7.66. The van der Waals surface area contributed by atoms with E-state index in [-0.39, 0.29) is 0 Å². The normalized spacial score (nSPS) is 12.6. The van der Waals surface area contributed by atoms with Gasteiger partial charge >= 0.3 is 0 Å². The summed E-state index contributed by atoms with van der Waals surface area (Å²) < 4.78 is 0. The molecule has 0 spiro atoms. The lowest BCUT2D eigenvalue weighted by atomic mass is 10.3. The van der Waals surface area contributed by atoms with Crippen LogP contribution in [0, 0.1) is 0 Å². The van der Waals surface area contributed by atoms with Crippen LogP contribution in [0.2, 0.25) is 0 Å². The highest BCUT2D eigenvalue weighted by Crippen LogP contribution is 1.83. The average molecular weight is 137 g/mol. The minimum Gasteiger partial charge on any atom is -0.293 e. The van der Waals surface area contributed by atoms with Crippen LogP contribution in [0.15, 0.2) is 29.3 Å². The van der Waals surface area contributed by atoms with Crippen molar-refractivity contribution in [1.29, 1.82) is 0 Å². The van der Waals surface area contributed by atoms with Crippen LogP contribution in [0.4, 0.5) is 0 Å². The molecule has 0 aliphatic carbocycles. The lowest BCUT2D eigenvalue weighted by molar-refractivity contribution is 1.14. The van der Waals surface area contributed by atoms with Gasteiger partial charge in [0.1, 0.15) is 0 Å². The van der Waals surface area contributed by atoms with E-state index in [1.54, 1.807) is 0 Å². The highest BCUT2D eigenvalue weighted by Gasteiger charge is 1.66. The average Bonchev–Trinajstić information content (AvgIpc) is 1.97. The summed E-state index contributed by atoms with van der Waals surface area (Å²) in [5.74, 6) is 0. The van der Waals surface area contributed by atoms with Gasteiger partial charge in [-0.2, -0.15) is 0 Å². The lowest BCUT2D eigenvalue weighted by Crippen LogP contribution is -1.68. The number of nitrogens with zero attached hydrogens (tertiary/aromatic N) is 1. The Kier molecular flexibility index (Phi) is 7.46. The molecule has 0 saturated carbocycles. The van der Waals surface area contributed by atoms with Gasteiger partial charge in [-0.1, -0.05) is 18.2 Å². The number of rotatable bonds is 4. The first-order valence-corrected chi connectivity index (χ1v) is 3.68. The van der Waals surface area contributed by atoms with Gasteiger partial charge in [-0.25, -0.2) is 0 Å². The molecule has 0 aliphatic rings. The molecule has 0 atom stereocenters. The smallest absolute Gasteiger partial charge is 0.0360 e. The van der Waals surface area contributed by atoms with Gasteiger partial charge in [0, 0.05) is 12.8 Å². The summed E-state index contributed by atoms with van der Waals surface area (Å²) in [7, 11) is 0. The summed E-state index contributed by atoms with van der Waals surface area (Å²) >= 11 is 0. The van der Waals surface area contributed by atoms with E-state index in [1.807, 2.05) is 32.2 Å². The fraction of sp³-hybridized carbons (Fsp3) is 0.444. The van der Waals surface area contributed by atoms with Crippen molar-refractivity contribution in [3.8, 4) is 0 Å². The minimum atomic E-state index is 0.869. The van der Waals surface area contributed by atoms with Crippen molar-refractivity contribution in [2.24, 2.45) is 4.99 Å². The van der Waals surface area contributed by atoms with Crippen LogP contribution >= 0.6 is 0 Å². The van der Waals surface area contributed by atoms with Gasteiger partial charge in [0.25, 0.3) is 0 Å². The van der Waals surface area contributed by atoms with Crippen molar-refractivity contribution in [2.45, 2.75) is 20.3 Å². The molecule has 0 rings (SSSR count). The Morgan fingerprint density at radius 1 is 1.30 bits per heavy atom. The lowest BCUT2D eigenvalue weighted by Gasteiger charge is -1.77. The highest BCUT2D eigenvalue weighted by molar-refractivity contribution is 5.70. The van der Waals surface area contributed by atoms with Crippen molar-refractivity contribution in [1.82, 2.24) is 0 Å². The maximum atomic E-state index is 4.03. The second-order valence-electron chi connectivity index (χ2n) is 1.88. The maximum absolute atomic E-state index is 4.03. The molecular weight excluding hydrogens is 122 g/mol. The predicted octanol–water partition coefficient (Wildman–Crippen LogP) is 2.60. The second kappa shape index (κ2) is 8.15. The monoisotopic (exact) mass is 137 g/mol. The van der Waals surface area contributed by atoms with E-state index in [4.69, 9.17) is 0 Å². The van der Waals surface area contributed by atoms with Crippen molar-refractivity contribution in [2.75, 3.05) is 6.54 Å². The molecule has 0 N–H and O–H groups in total. The Morgan fingerprint density at radius 2 is 2.10 bits per heavy atom. The van der Waals surface area contributed by atoms with Gasteiger partial charge in [0.2, 0.25) is 0 Å². The third kappa shape index (κ3) is 7.15. The molecule has 0 saturated heterocycles. The third-order valence-electron chi connectivity index (χ3n) is 1.02. The van der Waals surface area contributed by atoms with Crippen LogP contribution in [0.5, 0.6) is 0 Å². The van der Waals surface area contributed by atoms with E-state index in [1.165, 1.54) is 0 Å². The number of allylic oxidation sites excluding steroid dienone is 4. The first-order valence-electron chi connectivity index (χ1n) is 3.68. The van der Waals surface area contributed by atoms with E-state index in [0.717, 1.165) is 13.0 Å². The van der Waals surface area contributed by atoms with E-state index in [0.29, 0.717) is 0 Å². The first kappa shape index (κ1) is 9.15. The van der Waals surface area contributed by atoms with Gasteiger partial charge in [-0.05, 0) is 26.3 Å². The zero-order valence-electron chi connectivity index (χ0n) is 6.75. The maximum Gasteiger partial charge on any atom is 0.0360 e. The summed E-state index contributed by atoms with van der Waals surface area (Å²) in [5.41, 5.74) is 0. The van der Waals surface area contributed by atoms with Crippen LogP contribution in [-0.4, -0.2) is 12.8 Å². The van der Waals surface area contributed by atoms with Gasteiger partial charge in [-0.15, -0.1) is 0 Å². The molecule has 1 heteroatoms. The highest BCUT2D eigenvalue weighted by atomic mass is 14.7. The number of aliphatic imine (C=N–C) groups is 1. The molecule has 10 heavy (non-hydrogen) atoms. The van der Waals surface area contributed by atoms with Crippen LogP contribution < -0.4 is 0 Å². The van der Waals surface area contributed by atoms with E-state index in [9.17, 15) is 0 Å². The predicted molar refractivity (Wildman–Crippen MR) is 47.6 cm³/mol. The fourth-order valence-electron chi connectivity index (χ4n) is 0.520. The van der Waals surface area contributed by atoms with Crippen molar-refractivity contribution >= 4 is 6.21 Å². The summed E-state index contributed by atoms with van der Waals surface area (Å²) in [6, 6.07) is 0. The summed E-state index contributed by atoms with van der Waals surface area (Å²) in [6.45, 7) is 4.91. The molecule has 0 amide bonds.